The number of fused-ring (bicyclic) bond motifs is 1. The molecule has 0 amide bonds. The van der Waals surface area contributed by atoms with Gasteiger partial charge in [0.25, 0.3) is 0 Å². The minimum atomic E-state index is -0.808. The normalized spacial score (nSPS) is 14.6. The highest BCUT2D eigenvalue weighted by Crippen LogP contribution is 2.31. The zero-order valence-electron chi connectivity index (χ0n) is 16.8. The second-order valence-corrected chi connectivity index (χ2v) is 7.34. The highest BCUT2D eigenvalue weighted by molar-refractivity contribution is 5.83. The molecule has 3 aromatic rings. The third kappa shape index (κ3) is 3.93. The van der Waals surface area contributed by atoms with Gasteiger partial charge < -0.3 is 9.26 Å². The van der Waals surface area contributed by atoms with Crippen molar-refractivity contribution in [2.24, 2.45) is 0 Å². The number of hydrogen-bond acceptors (Lipinski definition) is 6. The number of hydrogen-bond donors (Lipinski definition) is 1. The van der Waals surface area contributed by atoms with Gasteiger partial charge in [-0.15, -0.1) is 0 Å². The molecule has 0 spiro atoms. The van der Waals surface area contributed by atoms with E-state index in [-0.39, 0.29) is 5.97 Å². The van der Waals surface area contributed by atoms with Crippen molar-refractivity contribution in [1.82, 2.24) is 15.5 Å². The average molecular weight is 391 g/mol. The lowest BCUT2D eigenvalue weighted by Crippen LogP contribution is -2.53. The first-order valence-corrected chi connectivity index (χ1v) is 10.0. The second kappa shape index (κ2) is 8.17. The summed E-state index contributed by atoms with van der Waals surface area (Å²) >= 11 is 0. The standard InChI is InChI=1S/C23H25N3O3/c1-3-16-9-11-17(12-10-16)21-25-20(29-26-21)15-24-23(22(27)28-4-2)13-18-7-5-6-8-19(18)14-23/h5-12,24H,3-4,13-15H2,1-2H3. The van der Waals surface area contributed by atoms with Gasteiger partial charge in [0.15, 0.2) is 0 Å². The Balaban J connectivity index is 1.50. The number of rotatable bonds is 7. The zero-order valence-corrected chi connectivity index (χ0v) is 16.8. The van der Waals surface area contributed by atoms with Crippen LogP contribution in [-0.2, 0) is 35.3 Å². The van der Waals surface area contributed by atoms with Crippen molar-refractivity contribution in [3.8, 4) is 11.4 Å². The highest BCUT2D eigenvalue weighted by atomic mass is 16.5. The van der Waals surface area contributed by atoms with Gasteiger partial charge in [0, 0.05) is 18.4 Å². The maximum atomic E-state index is 12.8. The Kier molecular flexibility index (Phi) is 5.45. The van der Waals surface area contributed by atoms with E-state index in [1.54, 1.807) is 0 Å². The fourth-order valence-corrected chi connectivity index (χ4v) is 3.80. The van der Waals surface area contributed by atoms with Crippen molar-refractivity contribution in [2.75, 3.05) is 6.61 Å². The number of aromatic nitrogens is 2. The molecule has 1 aliphatic carbocycles. The van der Waals surface area contributed by atoms with Crippen molar-refractivity contribution in [1.29, 1.82) is 0 Å². The average Bonchev–Trinajstić information content (AvgIpc) is 3.38. The molecule has 0 atom stereocenters. The minimum Gasteiger partial charge on any atom is -0.465 e. The van der Waals surface area contributed by atoms with Crippen LogP contribution in [-0.4, -0.2) is 28.3 Å². The van der Waals surface area contributed by atoms with E-state index in [4.69, 9.17) is 9.26 Å². The Bertz CT molecular complexity index is 970. The van der Waals surface area contributed by atoms with E-state index >= 15 is 0 Å². The van der Waals surface area contributed by atoms with Gasteiger partial charge >= 0.3 is 5.97 Å². The van der Waals surface area contributed by atoms with Crippen LogP contribution >= 0.6 is 0 Å². The predicted molar refractivity (Wildman–Crippen MR) is 109 cm³/mol. The molecule has 1 N–H and O–H groups in total. The molecule has 1 aromatic heterocycles. The van der Waals surface area contributed by atoms with E-state index in [1.807, 2.05) is 31.2 Å². The van der Waals surface area contributed by atoms with E-state index in [9.17, 15) is 4.79 Å². The Morgan fingerprint density at radius 3 is 2.41 bits per heavy atom. The lowest BCUT2D eigenvalue weighted by Gasteiger charge is -2.27. The summed E-state index contributed by atoms with van der Waals surface area (Å²) < 4.78 is 10.8. The van der Waals surface area contributed by atoms with Gasteiger partial charge in [0.1, 0.15) is 5.54 Å². The molecule has 29 heavy (non-hydrogen) atoms. The maximum absolute atomic E-state index is 12.8. The molecule has 0 saturated heterocycles. The van der Waals surface area contributed by atoms with Gasteiger partial charge in [0.05, 0.1) is 13.2 Å². The lowest BCUT2D eigenvalue weighted by atomic mass is 9.95. The summed E-state index contributed by atoms with van der Waals surface area (Å²) in [4.78, 5) is 17.3. The largest absolute Gasteiger partial charge is 0.465 e. The molecule has 0 radical (unpaired) electrons. The summed E-state index contributed by atoms with van der Waals surface area (Å²) in [6, 6.07) is 16.2. The van der Waals surface area contributed by atoms with Gasteiger partial charge in [-0.05, 0) is 30.0 Å². The molecular weight excluding hydrogens is 366 g/mol. The number of aryl methyl sites for hydroxylation is 1. The van der Waals surface area contributed by atoms with E-state index in [0.717, 1.165) is 23.1 Å². The summed E-state index contributed by atoms with van der Waals surface area (Å²) in [6.45, 7) is 4.58. The Hall–Kier alpha value is -2.99. The first-order valence-electron chi connectivity index (χ1n) is 10.0. The number of carbonyl (C=O) groups is 1. The number of benzene rings is 2. The van der Waals surface area contributed by atoms with Crippen LogP contribution in [0.2, 0.25) is 0 Å². The second-order valence-electron chi connectivity index (χ2n) is 7.34. The molecule has 0 saturated carbocycles. The van der Waals surface area contributed by atoms with Crippen LogP contribution in [0.4, 0.5) is 0 Å². The fraction of sp³-hybridized carbons (Fsp3) is 0.348. The Morgan fingerprint density at radius 1 is 1.10 bits per heavy atom. The van der Waals surface area contributed by atoms with E-state index < -0.39 is 5.54 Å². The number of carbonyl (C=O) groups excluding carboxylic acids is 1. The molecule has 150 valence electrons. The van der Waals surface area contributed by atoms with Crippen LogP contribution in [0.3, 0.4) is 0 Å². The van der Waals surface area contributed by atoms with Crippen LogP contribution in [0.25, 0.3) is 11.4 Å². The van der Waals surface area contributed by atoms with Crippen LogP contribution in [0.15, 0.2) is 53.1 Å². The molecule has 6 nitrogen and oxygen atoms in total. The lowest BCUT2D eigenvalue weighted by molar-refractivity contribution is -0.151. The molecule has 1 aliphatic rings. The summed E-state index contributed by atoms with van der Waals surface area (Å²) in [5.74, 6) is 0.745. The van der Waals surface area contributed by atoms with E-state index in [0.29, 0.717) is 37.7 Å². The smallest absolute Gasteiger partial charge is 0.327 e. The van der Waals surface area contributed by atoms with Gasteiger partial charge in [-0.1, -0.05) is 60.6 Å². The Morgan fingerprint density at radius 2 is 1.79 bits per heavy atom. The molecule has 0 aliphatic heterocycles. The van der Waals surface area contributed by atoms with Gasteiger partial charge in [-0.3, -0.25) is 10.1 Å². The van der Waals surface area contributed by atoms with Crippen LogP contribution in [0.5, 0.6) is 0 Å². The van der Waals surface area contributed by atoms with Crippen LogP contribution in [0.1, 0.15) is 36.4 Å². The first-order chi connectivity index (χ1) is 14.1. The number of nitrogens with one attached hydrogen (secondary N) is 1. The third-order valence-electron chi connectivity index (χ3n) is 5.44. The SMILES string of the molecule is CCOC(=O)C1(NCc2nc(-c3ccc(CC)cc3)no2)Cc2ccccc2C1. The van der Waals surface area contributed by atoms with Gasteiger partial charge in [-0.2, -0.15) is 4.98 Å². The minimum absolute atomic E-state index is 0.244. The zero-order chi connectivity index (χ0) is 20.3. The number of ether oxygens (including phenoxy) is 1. The monoisotopic (exact) mass is 391 g/mol. The van der Waals surface area contributed by atoms with Crippen LogP contribution in [0, 0.1) is 0 Å². The quantitative estimate of drug-likeness (QED) is 0.621. The first kappa shape index (κ1) is 19.3. The summed E-state index contributed by atoms with van der Waals surface area (Å²) in [7, 11) is 0. The topological polar surface area (TPSA) is 77.2 Å². The molecular formula is C23H25N3O3. The van der Waals surface area contributed by atoms with Crippen LogP contribution < -0.4 is 5.32 Å². The van der Waals surface area contributed by atoms with E-state index in [2.05, 4.69) is 46.6 Å². The summed E-state index contributed by atoms with van der Waals surface area (Å²) in [5.41, 5.74) is 3.68. The third-order valence-corrected chi connectivity index (χ3v) is 5.44. The molecule has 0 unspecified atom stereocenters. The van der Waals surface area contributed by atoms with Crippen molar-refractivity contribution >= 4 is 5.97 Å². The highest BCUT2D eigenvalue weighted by Gasteiger charge is 2.45. The van der Waals surface area contributed by atoms with Crippen molar-refractivity contribution in [3.63, 3.8) is 0 Å². The van der Waals surface area contributed by atoms with Gasteiger partial charge in [0.2, 0.25) is 11.7 Å². The molecule has 4 rings (SSSR count). The van der Waals surface area contributed by atoms with Crippen molar-refractivity contribution in [3.05, 3.63) is 71.1 Å². The van der Waals surface area contributed by atoms with E-state index in [1.165, 1.54) is 5.56 Å². The summed E-state index contributed by atoms with van der Waals surface area (Å²) in [5, 5.41) is 7.44. The molecule has 2 aromatic carbocycles. The molecule has 1 heterocycles. The van der Waals surface area contributed by atoms with Crippen molar-refractivity contribution < 1.29 is 14.1 Å². The molecule has 0 fully saturated rings. The summed E-state index contributed by atoms with van der Waals surface area (Å²) in [6.07, 6.45) is 2.16. The maximum Gasteiger partial charge on any atom is 0.327 e. The Labute approximate surface area is 170 Å². The predicted octanol–water partition coefficient (Wildman–Crippen LogP) is 3.49. The number of esters is 1. The molecule has 0 bridgehead atoms. The van der Waals surface area contributed by atoms with Crippen molar-refractivity contribution in [2.45, 2.75) is 45.2 Å². The van der Waals surface area contributed by atoms with Gasteiger partial charge in [-0.25, -0.2) is 0 Å². The molecule has 6 heteroatoms. The fourth-order valence-electron chi connectivity index (χ4n) is 3.80. The number of nitrogens with zero attached hydrogens (tertiary/aromatic N) is 2.